The molecule has 0 aliphatic heterocycles. The van der Waals surface area contributed by atoms with E-state index in [1.165, 1.54) is 30.5 Å². The van der Waals surface area contributed by atoms with Crippen molar-refractivity contribution in [3.63, 3.8) is 0 Å². The Kier molecular flexibility index (Phi) is 4.75. The first-order valence-corrected chi connectivity index (χ1v) is 6.73. The van der Waals surface area contributed by atoms with Crippen LogP contribution >= 0.6 is 0 Å². The number of allylic oxidation sites excluding steroid dienone is 1. The van der Waals surface area contributed by atoms with Crippen molar-refractivity contribution in [1.29, 1.82) is 0 Å². The van der Waals surface area contributed by atoms with Crippen molar-refractivity contribution >= 4 is 0 Å². The summed E-state index contributed by atoms with van der Waals surface area (Å²) in [7, 11) is 0. The first kappa shape index (κ1) is 12.3. The van der Waals surface area contributed by atoms with Crippen LogP contribution in [0.4, 0.5) is 0 Å². The first-order chi connectivity index (χ1) is 8.42. The number of aromatic nitrogens is 1. The summed E-state index contributed by atoms with van der Waals surface area (Å²) in [6.07, 6.45) is 11.3. The molecule has 1 aliphatic carbocycles. The van der Waals surface area contributed by atoms with E-state index in [0.29, 0.717) is 5.92 Å². The zero-order chi connectivity index (χ0) is 11.9. The van der Waals surface area contributed by atoms with E-state index in [0.717, 1.165) is 19.5 Å². The second kappa shape index (κ2) is 6.55. The van der Waals surface area contributed by atoms with Gasteiger partial charge in [0, 0.05) is 12.1 Å². The predicted molar refractivity (Wildman–Crippen MR) is 72.2 cm³/mol. The van der Waals surface area contributed by atoms with Crippen LogP contribution in [0.25, 0.3) is 0 Å². The summed E-state index contributed by atoms with van der Waals surface area (Å²) in [5, 5.41) is 3.41. The highest BCUT2D eigenvalue weighted by molar-refractivity contribution is 5.31. The van der Waals surface area contributed by atoms with Crippen LogP contribution in [0.15, 0.2) is 30.5 Å². The summed E-state index contributed by atoms with van der Waals surface area (Å²) < 4.78 is 0. The number of nitrogens with one attached hydrogen (secondary N) is 1. The smallest absolute Gasteiger partial charge is 0.0504 e. The van der Waals surface area contributed by atoms with Gasteiger partial charge in [-0.05, 0) is 50.4 Å². The average Bonchev–Trinajstić information content (AvgIpc) is 2.77. The lowest BCUT2D eigenvalue weighted by molar-refractivity contribution is 0.676. The Bertz CT molecular complexity index is 371. The molecule has 0 saturated carbocycles. The van der Waals surface area contributed by atoms with E-state index in [1.807, 2.05) is 12.3 Å². The van der Waals surface area contributed by atoms with Crippen LogP contribution in [-0.2, 0) is 6.42 Å². The minimum absolute atomic E-state index is 0.553. The highest BCUT2D eigenvalue weighted by Crippen LogP contribution is 2.31. The number of hydrogen-bond acceptors (Lipinski definition) is 2. The van der Waals surface area contributed by atoms with Crippen LogP contribution < -0.4 is 5.32 Å². The largest absolute Gasteiger partial charge is 0.316 e. The van der Waals surface area contributed by atoms with E-state index in [1.54, 1.807) is 0 Å². The van der Waals surface area contributed by atoms with Gasteiger partial charge in [-0.25, -0.2) is 0 Å². The molecule has 1 aromatic rings. The summed E-state index contributed by atoms with van der Waals surface area (Å²) in [5.74, 6) is 0.553. The molecule has 0 spiro atoms. The van der Waals surface area contributed by atoms with Gasteiger partial charge in [0.25, 0.3) is 0 Å². The van der Waals surface area contributed by atoms with Gasteiger partial charge in [0.15, 0.2) is 0 Å². The van der Waals surface area contributed by atoms with Gasteiger partial charge >= 0.3 is 0 Å². The molecule has 0 aromatic carbocycles. The number of hydrogen-bond donors (Lipinski definition) is 1. The van der Waals surface area contributed by atoms with Gasteiger partial charge in [-0.3, -0.25) is 4.98 Å². The molecule has 1 atom stereocenters. The second-order valence-electron chi connectivity index (χ2n) is 4.66. The minimum atomic E-state index is 0.553. The Balaban J connectivity index is 1.79. The number of pyridine rings is 1. The molecule has 0 bridgehead atoms. The molecule has 1 heterocycles. The second-order valence-corrected chi connectivity index (χ2v) is 4.66. The molecular formula is C15H22N2. The first-order valence-electron chi connectivity index (χ1n) is 6.73. The summed E-state index contributed by atoms with van der Waals surface area (Å²) in [4.78, 5) is 4.50. The summed E-state index contributed by atoms with van der Waals surface area (Å²) in [6.45, 7) is 4.41. The third-order valence-electron chi connectivity index (χ3n) is 3.28. The van der Waals surface area contributed by atoms with E-state index in [-0.39, 0.29) is 0 Å². The zero-order valence-electron chi connectivity index (χ0n) is 10.7. The number of aryl methyl sites for hydroxylation is 1. The van der Waals surface area contributed by atoms with Gasteiger partial charge < -0.3 is 5.32 Å². The molecule has 0 amide bonds. The molecule has 0 fully saturated rings. The van der Waals surface area contributed by atoms with E-state index in [2.05, 4.69) is 35.4 Å². The SMILES string of the molecule is CCCNCCC=CC1CCc2cccnc21. The molecule has 0 saturated heterocycles. The fraction of sp³-hybridized carbons (Fsp3) is 0.533. The van der Waals surface area contributed by atoms with E-state index < -0.39 is 0 Å². The fourth-order valence-electron chi connectivity index (χ4n) is 2.38. The molecule has 0 radical (unpaired) electrons. The normalized spacial score (nSPS) is 18.8. The topological polar surface area (TPSA) is 24.9 Å². The van der Waals surface area contributed by atoms with Gasteiger partial charge in [0.05, 0.1) is 5.69 Å². The maximum absolute atomic E-state index is 4.50. The van der Waals surface area contributed by atoms with Crippen LogP contribution in [0.5, 0.6) is 0 Å². The van der Waals surface area contributed by atoms with Crippen LogP contribution in [-0.4, -0.2) is 18.1 Å². The van der Waals surface area contributed by atoms with E-state index in [4.69, 9.17) is 0 Å². The summed E-state index contributed by atoms with van der Waals surface area (Å²) >= 11 is 0. The Hall–Kier alpha value is -1.15. The molecule has 92 valence electrons. The minimum Gasteiger partial charge on any atom is -0.316 e. The molecular weight excluding hydrogens is 208 g/mol. The molecule has 2 heteroatoms. The maximum Gasteiger partial charge on any atom is 0.0504 e. The van der Waals surface area contributed by atoms with Crippen molar-refractivity contribution < 1.29 is 0 Å². The molecule has 2 rings (SSSR count). The Morgan fingerprint density at radius 2 is 2.41 bits per heavy atom. The van der Waals surface area contributed by atoms with Crippen molar-refractivity contribution in [3.05, 3.63) is 41.7 Å². The number of fused-ring (bicyclic) bond motifs is 1. The summed E-state index contributed by atoms with van der Waals surface area (Å²) in [5.41, 5.74) is 2.73. The standard InChI is InChI=1S/C15H22N2/c1-2-10-16-11-4-3-6-13-8-9-14-7-5-12-17-15(13)14/h3,5-7,12-13,16H,2,4,8-11H2,1H3. The number of nitrogens with zero attached hydrogens (tertiary/aromatic N) is 1. The lowest BCUT2D eigenvalue weighted by atomic mass is 10.1. The highest BCUT2D eigenvalue weighted by Gasteiger charge is 2.20. The monoisotopic (exact) mass is 230 g/mol. The van der Waals surface area contributed by atoms with Crippen LogP contribution in [0.3, 0.4) is 0 Å². The molecule has 1 unspecified atom stereocenters. The molecule has 1 aromatic heterocycles. The van der Waals surface area contributed by atoms with E-state index >= 15 is 0 Å². The molecule has 1 N–H and O–H groups in total. The van der Waals surface area contributed by atoms with Gasteiger partial charge in [0.2, 0.25) is 0 Å². The predicted octanol–water partition coefficient (Wildman–Crippen LogP) is 3.06. The van der Waals surface area contributed by atoms with Gasteiger partial charge in [0.1, 0.15) is 0 Å². The lowest BCUT2D eigenvalue weighted by Gasteiger charge is -2.04. The third kappa shape index (κ3) is 3.40. The van der Waals surface area contributed by atoms with Gasteiger partial charge in [-0.15, -0.1) is 0 Å². The van der Waals surface area contributed by atoms with Crippen LogP contribution in [0, 0.1) is 0 Å². The van der Waals surface area contributed by atoms with Crippen LogP contribution in [0.2, 0.25) is 0 Å². The molecule has 1 aliphatic rings. The summed E-state index contributed by atoms with van der Waals surface area (Å²) in [6, 6.07) is 4.25. The lowest BCUT2D eigenvalue weighted by Crippen LogP contribution is -2.15. The van der Waals surface area contributed by atoms with Crippen molar-refractivity contribution in [2.24, 2.45) is 0 Å². The average molecular weight is 230 g/mol. The highest BCUT2D eigenvalue weighted by atomic mass is 14.8. The quantitative estimate of drug-likeness (QED) is 0.600. The third-order valence-corrected chi connectivity index (χ3v) is 3.28. The molecule has 2 nitrogen and oxygen atoms in total. The van der Waals surface area contributed by atoms with Crippen molar-refractivity contribution in [3.8, 4) is 0 Å². The van der Waals surface area contributed by atoms with Crippen molar-refractivity contribution in [2.45, 2.75) is 38.5 Å². The Morgan fingerprint density at radius 1 is 1.47 bits per heavy atom. The van der Waals surface area contributed by atoms with Gasteiger partial charge in [-0.2, -0.15) is 0 Å². The zero-order valence-corrected chi connectivity index (χ0v) is 10.7. The Morgan fingerprint density at radius 3 is 3.29 bits per heavy atom. The van der Waals surface area contributed by atoms with Crippen molar-refractivity contribution in [1.82, 2.24) is 10.3 Å². The molecule has 17 heavy (non-hydrogen) atoms. The van der Waals surface area contributed by atoms with Crippen molar-refractivity contribution in [2.75, 3.05) is 13.1 Å². The van der Waals surface area contributed by atoms with E-state index in [9.17, 15) is 0 Å². The van der Waals surface area contributed by atoms with Crippen LogP contribution in [0.1, 0.15) is 43.4 Å². The fourth-order valence-corrected chi connectivity index (χ4v) is 2.38. The maximum atomic E-state index is 4.50. The van der Waals surface area contributed by atoms with Gasteiger partial charge in [-0.1, -0.05) is 25.1 Å². The Labute approximate surface area is 104 Å². The number of rotatable bonds is 6.